The van der Waals surface area contributed by atoms with E-state index in [1.54, 1.807) is 23.2 Å². The highest BCUT2D eigenvalue weighted by Crippen LogP contribution is 2.13. The molecule has 0 bridgehead atoms. The summed E-state index contributed by atoms with van der Waals surface area (Å²) < 4.78 is 7.79. The second-order valence-electron chi connectivity index (χ2n) is 6.72. The smallest absolute Gasteiger partial charge is 0.324 e. The minimum absolute atomic E-state index is 0.131. The maximum Gasteiger partial charge on any atom is 0.332 e. The number of imidazole rings is 2. The van der Waals surface area contributed by atoms with Crippen LogP contribution in [0, 0.1) is 0 Å². The molecular formula is C16H18N8O4. The van der Waals surface area contributed by atoms with Crippen LogP contribution in [0.25, 0.3) is 22.3 Å². The van der Waals surface area contributed by atoms with Gasteiger partial charge in [0.1, 0.15) is 5.82 Å². The van der Waals surface area contributed by atoms with Crippen molar-refractivity contribution in [2.45, 2.75) is 6.54 Å². The Kier molecular flexibility index (Phi) is 3.57. The molecule has 4 rings (SSSR count). The van der Waals surface area contributed by atoms with Crippen molar-refractivity contribution in [3.8, 4) is 0 Å². The summed E-state index contributed by atoms with van der Waals surface area (Å²) in [6, 6.07) is 0. The number of hydrogen-bond donors (Lipinski definition) is 0. The molecule has 0 fully saturated rings. The first-order valence-electron chi connectivity index (χ1n) is 8.37. The van der Waals surface area contributed by atoms with Gasteiger partial charge in [-0.25, -0.2) is 19.6 Å². The minimum atomic E-state index is -0.474. The normalized spacial score (nSPS) is 11.8. The van der Waals surface area contributed by atoms with E-state index in [1.165, 1.54) is 36.6 Å². The molecule has 0 unspecified atom stereocenters. The Hall–Kier alpha value is -3.70. The lowest BCUT2D eigenvalue weighted by Gasteiger charge is -2.07. The van der Waals surface area contributed by atoms with Gasteiger partial charge in [-0.05, 0) is 0 Å². The van der Waals surface area contributed by atoms with Gasteiger partial charge in [0.25, 0.3) is 11.1 Å². The number of hydrogen-bond acceptors (Lipinski definition) is 6. The predicted octanol–water partition coefficient (Wildman–Crippen LogP) is -2.23. The van der Waals surface area contributed by atoms with Crippen molar-refractivity contribution >= 4 is 22.3 Å². The van der Waals surface area contributed by atoms with Crippen LogP contribution >= 0.6 is 0 Å². The molecule has 0 spiro atoms. The van der Waals surface area contributed by atoms with E-state index in [2.05, 4.69) is 9.97 Å². The molecule has 12 heteroatoms. The fourth-order valence-electron chi connectivity index (χ4n) is 3.37. The summed E-state index contributed by atoms with van der Waals surface area (Å²) >= 11 is 0. The van der Waals surface area contributed by atoms with Gasteiger partial charge < -0.3 is 9.13 Å². The summed E-state index contributed by atoms with van der Waals surface area (Å²) in [7, 11) is 7.55. The lowest BCUT2D eigenvalue weighted by atomic mass is 10.4. The van der Waals surface area contributed by atoms with Gasteiger partial charge in [-0.15, -0.1) is 0 Å². The Bertz CT molecular complexity index is 1520. The zero-order chi connectivity index (χ0) is 20.5. The van der Waals surface area contributed by atoms with Gasteiger partial charge in [0, 0.05) is 35.2 Å². The number of nitrogens with zero attached hydrogens (tertiary/aromatic N) is 8. The number of rotatable bonds is 2. The van der Waals surface area contributed by atoms with Gasteiger partial charge in [0.05, 0.1) is 12.9 Å². The Morgan fingerprint density at radius 2 is 1.25 bits per heavy atom. The minimum Gasteiger partial charge on any atom is -0.324 e. The number of aromatic nitrogens is 8. The SMILES string of the molecule is Cn1c(=O)c2c(ncn2Cc2nc3c(c(=O)n(C)c(=O)n3C)n2C)n(C)c1=O. The fourth-order valence-corrected chi connectivity index (χ4v) is 3.37. The van der Waals surface area contributed by atoms with Gasteiger partial charge >= 0.3 is 11.4 Å². The summed E-state index contributed by atoms with van der Waals surface area (Å²) in [6.45, 7) is 0.131. The van der Waals surface area contributed by atoms with Gasteiger partial charge in [0.15, 0.2) is 22.3 Å². The Labute approximate surface area is 156 Å². The van der Waals surface area contributed by atoms with Crippen LogP contribution in [0.1, 0.15) is 5.82 Å². The molecule has 0 saturated heterocycles. The Morgan fingerprint density at radius 3 is 1.86 bits per heavy atom. The first-order valence-corrected chi connectivity index (χ1v) is 8.37. The second kappa shape index (κ2) is 5.65. The van der Waals surface area contributed by atoms with Crippen LogP contribution in [0.15, 0.2) is 25.5 Å². The van der Waals surface area contributed by atoms with Gasteiger partial charge in [-0.1, -0.05) is 0 Å². The molecule has 0 aliphatic rings. The highest BCUT2D eigenvalue weighted by Gasteiger charge is 2.19. The summed E-state index contributed by atoms with van der Waals surface area (Å²) in [5, 5.41) is 0. The average molecular weight is 386 g/mol. The lowest BCUT2D eigenvalue weighted by molar-refractivity contribution is 0.690. The molecular weight excluding hydrogens is 368 g/mol. The molecule has 4 aromatic rings. The molecule has 0 aliphatic carbocycles. The van der Waals surface area contributed by atoms with Crippen LogP contribution in [0.4, 0.5) is 0 Å². The lowest BCUT2D eigenvalue weighted by Crippen LogP contribution is -2.37. The van der Waals surface area contributed by atoms with Crippen LogP contribution < -0.4 is 22.5 Å². The third kappa shape index (κ3) is 2.11. The third-order valence-electron chi connectivity index (χ3n) is 5.10. The second-order valence-corrected chi connectivity index (χ2v) is 6.72. The molecule has 0 aliphatic heterocycles. The fraction of sp³-hybridized carbons (Fsp3) is 0.375. The van der Waals surface area contributed by atoms with E-state index in [-0.39, 0.29) is 28.9 Å². The van der Waals surface area contributed by atoms with Crippen molar-refractivity contribution in [3.05, 3.63) is 53.8 Å². The first kappa shape index (κ1) is 17.7. The Balaban J connectivity index is 1.99. The number of aryl methyl sites for hydroxylation is 3. The summed E-state index contributed by atoms with van der Waals surface area (Å²) in [4.78, 5) is 57.9. The van der Waals surface area contributed by atoms with E-state index in [0.29, 0.717) is 5.82 Å². The largest absolute Gasteiger partial charge is 0.332 e. The maximum absolute atomic E-state index is 12.6. The summed E-state index contributed by atoms with van der Waals surface area (Å²) in [5.74, 6) is 0.462. The highest BCUT2D eigenvalue weighted by molar-refractivity contribution is 5.72. The van der Waals surface area contributed by atoms with Crippen molar-refractivity contribution < 1.29 is 0 Å². The summed E-state index contributed by atoms with van der Waals surface area (Å²) in [6.07, 6.45) is 1.45. The zero-order valence-electron chi connectivity index (χ0n) is 16.0. The van der Waals surface area contributed by atoms with Crippen LogP contribution in [0.3, 0.4) is 0 Å². The molecule has 4 aromatic heterocycles. The molecule has 12 nitrogen and oxygen atoms in total. The van der Waals surface area contributed by atoms with E-state index in [1.807, 2.05) is 0 Å². The zero-order valence-corrected chi connectivity index (χ0v) is 16.0. The van der Waals surface area contributed by atoms with Crippen molar-refractivity contribution in [1.82, 2.24) is 37.4 Å². The van der Waals surface area contributed by atoms with E-state index >= 15 is 0 Å². The molecule has 146 valence electrons. The number of fused-ring (bicyclic) bond motifs is 2. The molecule has 4 heterocycles. The van der Waals surface area contributed by atoms with E-state index in [4.69, 9.17) is 0 Å². The molecule has 0 N–H and O–H groups in total. The maximum atomic E-state index is 12.6. The van der Waals surface area contributed by atoms with Crippen molar-refractivity contribution in [2.24, 2.45) is 35.2 Å². The van der Waals surface area contributed by atoms with Gasteiger partial charge in [-0.3, -0.25) is 27.9 Å². The van der Waals surface area contributed by atoms with Gasteiger partial charge in [-0.2, -0.15) is 0 Å². The average Bonchev–Trinajstić information content (AvgIpc) is 3.23. The van der Waals surface area contributed by atoms with E-state index < -0.39 is 22.5 Å². The van der Waals surface area contributed by atoms with Crippen LogP contribution in [-0.4, -0.2) is 37.4 Å². The quantitative estimate of drug-likeness (QED) is 0.384. The first-order chi connectivity index (χ1) is 13.1. The van der Waals surface area contributed by atoms with Crippen LogP contribution in [-0.2, 0) is 41.8 Å². The molecule has 0 atom stereocenters. The van der Waals surface area contributed by atoms with E-state index in [0.717, 1.165) is 9.13 Å². The molecule has 28 heavy (non-hydrogen) atoms. The summed E-state index contributed by atoms with van der Waals surface area (Å²) in [5.41, 5.74) is -0.817. The standard InChI is InChI=1S/C16H18N8O4/c1-19-8(18-12-9(19)13(25)22(4)16(28)21(12)3)6-24-7-17-11-10(24)14(26)23(5)15(27)20(11)2/h7H,6H2,1-5H3. The highest BCUT2D eigenvalue weighted by atomic mass is 16.2. The van der Waals surface area contributed by atoms with Crippen LogP contribution in [0.5, 0.6) is 0 Å². The molecule has 0 saturated carbocycles. The monoisotopic (exact) mass is 386 g/mol. The van der Waals surface area contributed by atoms with Gasteiger partial charge in [0.2, 0.25) is 0 Å². The molecule has 0 radical (unpaired) electrons. The van der Waals surface area contributed by atoms with Crippen molar-refractivity contribution in [2.75, 3.05) is 0 Å². The topological polar surface area (TPSA) is 124 Å². The van der Waals surface area contributed by atoms with Crippen molar-refractivity contribution in [3.63, 3.8) is 0 Å². The molecule has 0 amide bonds. The Morgan fingerprint density at radius 1 is 0.714 bits per heavy atom. The third-order valence-corrected chi connectivity index (χ3v) is 5.10. The predicted molar refractivity (Wildman–Crippen MR) is 101 cm³/mol. The molecule has 0 aromatic carbocycles. The van der Waals surface area contributed by atoms with Crippen molar-refractivity contribution in [1.29, 1.82) is 0 Å². The van der Waals surface area contributed by atoms with E-state index in [9.17, 15) is 19.2 Å². The van der Waals surface area contributed by atoms with Crippen LogP contribution in [0.2, 0.25) is 0 Å².